The number of ether oxygens (including phenoxy) is 2. The summed E-state index contributed by atoms with van der Waals surface area (Å²) in [6, 6.07) is 13.2. The maximum Gasteiger partial charge on any atom is 0.343 e. The molecule has 23 heavy (non-hydrogen) atoms. The topological polar surface area (TPSA) is 64.6 Å². The van der Waals surface area contributed by atoms with E-state index in [9.17, 15) is 9.59 Å². The van der Waals surface area contributed by atoms with Crippen molar-refractivity contribution in [2.45, 2.75) is 6.92 Å². The van der Waals surface area contributed by atoms with Crippen LogP contribution in [0, 0.1) is 0 Å². The highest BCUT2D eigenvalue weighted by atomic mass is 16.5. The largest absolute Gasteiger partial charge is 0.490 e. The van der Waals surface area contributed by atoms with Gasteiger partial charge in [0.1, 0.15) is 18.1 Å². The predicted molar refractivity (Wildman–Crippen MR) is 87.8 cm³/mol. The molecular weight excluding hydrogens is 294 g/mol. The lowest BCUT2D eigenvalue weighted by Crippen LogP contribution is -2.09. The van der Waals surface area contributed by atoms with Crippen LogP contribution in [0.15, 0.2) is 61.2 Å². The van der Waals surface area contributed by atoms with Crippen molar-refractivity contribution in [3.63, 3.8) is 0 Å². The normalized spacial score (nSPS) is 9.78. The van der Waals surface area contributed by atoms with Crippen molar-refractivity contribution in [1.29, 1.82) is 0 Å². The molecule has 0 bridgehead atoms. The molecule has 0 aliphatic rings. The Hall–Kier alpha value is -3.08. The molecular formula is C18H17NO4. The smallest absolute Gasteiger partial charge is 0.343 e. The Morgan fingerprint density at radius 3 is 2.22 bits per heavy atom. The molecule has 0 aliphatic heterocycles. The molecule has 2 rings (SSSR count). The number of benzene rings is 2. The number of hydrogen-bond acceptors (Lipinski definition) is 4. The molecule has 0 spiro atoms. The molecule has 0 heterocycles. The van der Waals surface area contributed by atoms with Crippen LogP contribution in [0.3, 0.4) is 0 Å². The summed E-state index contributed by atoms with van der Waals surface area (Å²) in [5.74, 6) is 0.429. The van der Waals surface area contributed by atoms with E-state index in [2.05, 4.69) is 11.9 Å². The van der Waals surface area contributed by atoms with Gasteiger partial charge in [-0.3, -0.25) is 4.79 Å². The molecule has 118 valence electrons. The van der Waals surface area contributed by atoms with Crippen LogP contribution in [0.4, 0.5) is 5.69 Å². The lowest BCUT2D eigenvalue weighted by atomic mass is 10.2. The molecule has 0 unspecified atom stereocenters. The van der Waals surface area contributed by atoms with E-state index in [0.29, 0.717) is 29.4 Å². The fourth-order valence-electron chi connectivity index (χ4n) is 1.82. The molecule has 1 N–H and O–H groups in total. The predicted octanol–water partition coefficient (Wildman–Crippen LogP) is 3.43. The van der Waals surface area contributed by atoms with Gasteiger partial charge in [0, 0.05) is 12.6 Å². The number of anilines is 1. The summed E-state index contributed by atoms with van der Waals surface area (Å²) in [6.07, 6.45) is 1.65. The molecule has 2 aromatic carbocycles. The summed E-state index contributed by atoms with van der Waals surface area (Å²) in [6.45, 7) is 5.40. The molecule has 0 saturated heterocycles. The van der Waals surface area contributed by atoms with Crippen LogP contribution in [-0.2, 0) is 4.79 Å². The second-order valence-electron chi connectivity index (χ2n) is 4.72. The van der Waals surface area contributed by atoms with Crippen molar-refractivity contribution in [3.05, 3.63) is 66.7 Å². The quantitative estimate of drug-likeness (QED) is 0.504. The van der Waals surface area contributed by atoms with Crippen molar-refractivity contribution in [1.82, 2.24) is 0 Å². The maximum absolute atomic E-state index is 12.1. The zero-order chi connectivity index (χ0) is 16.7. The fourth-order valence-corrected chi connectivity index (χ4v) is 1.82. The maximum atomic E-state index is 12.1. The summed E-state index contributed by atoms with van der Waals surface area (Å²) in [5.41, 5.74) is 1.06. The number of hydrogen-bond donors (Lipinski definition) is 1. The minimum Gasteiger partial charge on any atom is -0.490 e. The lowest BCUT2D eigenvalue weighted by molar-refractivity contribution is -0.114. The van der Waals surface area contributed by atoms with Crippen LogP contribution in [0.25, 0.3) is 0 Å². The Labute approximate surface area is 134 Å². The first-order valence-electron chi connectivity index (χ1n) is 7.02. The third-order valence-corrected chi connectivity index (χ3v) is 2.84. The van der Waals surface area contributed by atoms with E-state index in [1.165, 1.54) is 6.92 Å². The highest BCUT2D eigenvalue weighted by molar-refractivity contribution is 5.91. The highest BCUT2D eigenvalue weighted by Gasteiger charge is 2.09. The number of rotatable bonds is 6. The number of esters is 1. The van der Waals surface area contributed by atoms with Crippen LogP contribution >= 0.6 is 0 Å². The molecule has 1 amide bonds. The Balaban J connectivity index is 1.98. The molecule has 0 atom stereocenters. The Bertz CT molecular complexity index is 690. The minimum absolute atomic E-state index is 0.159. The number of carbonyl (C=O) groups excluding carboxylic acids is 2. The third-order valence-electron chi connectivity index (χ3n) is 2.84. The van der Waals surface area contributed by atoms with Gasteiger partial charge < -0.3 is 14.8 Å². The molecule has 0 radical (unpaired) electrons. The van der Waals surface area contributed by atoms with E-state index in [0.717, 1.165) is 0 Å². The second-order valence-corrected chi connectivity index (χ2v) is 4.72. The summed E-state index contributed by atoms with van der Waals surface area (Å²) >= 11 is 0. The van der Waals surface area contributed by atoms with Gasteiger partial charge >= 0.3 is 5.97 Å². The van der Waals surface area contributed by atoms with Crippen LogP contribution < -0.4 is 14.8 Å². The fraction of sp³-hybridized carbons (Fsp3) is 0.111. The number of nitrogens with one attached hydrogen (secondary N) is 1. The molecule has 2 aromatic rings. The van der Waals surface area contributed by atoms with Crippen molar-refractivity contribution < 1.29 is 19.1 Å². The van der Waals surface area contributed by atoms with E-state index in [1.54, 1.807) is 54.6 Å². The first kappa shape index (κ1) is 16.3. The number of carbonyl (C=O) groups is 2. The van der Waals surface area contributed by atoms with Gasteiger partial charge in [-0.15, -0.1) is 0 Å². The van der Waals surface area contributed by atoms with Gasteiger partial charge in [-0.2, -0.15) is 0 Å². The Morgan fingerprint density at radius 1 is 1.04 bits per heavy atom. The van der Waals surface area contributed by atoms with Gasteiger partial charge in [0.05, 0.1) is 5.56 Å². The zero-order valence-corrected chi connectivity index (χ0v) is 12.7. The van der Waals surface area contributed by atoms with Gasteiger partial charge in [0.25, 0.3) is 0 Å². The van der Waals surface area contributed by atoms with Crippen LogP contribution in [-0.4, -0.2) is 18.5 Å². The van der Waals surface area contributed by atoms with Crippen molar-refractivity contribution in [2.24, 2.45) is 0 Å². The first-order valence-corrected chi connectivity index (χ1v) is 7.02. The summed E-state index contributed by atoms with van der Waals surface area (Å²) in [5, 5.41) is 2.64. The average molecular weight is 311 g/mol. The summed E-state index contributed by atoms with van der Waals surface area (Å²) in [4.78, 5) is 23.0. The zero-order valence-electron chi connectivity index (χ0n) is 12.7. The SMILES string of the molecule is C=CCOc1ccc(C(=O)Oc2ccc(NC(C)=O)cc2)cc1. The third kappa shape index (κ3) is 5.00. The molecule has 0 aromatic heterocycles. The first-order chi connectivity index (χ1) is 11.1. The van der Waals surface area contributed by atoms with Crippen molar-refractivity contribution in [3.8, 4) is 11.5 Å². The summed E-state index contributed by atoms with van der Waals surface area (Å²) in [7, 11) is 0. The second kappa shape index (κ2) is 7.79. The van der Waals surface area contributed by atoms with Crippen LogP contribution in [0.1, 0.15) is 17.3 Å². The van der Waals surface area contributed by atoms with E-state index in [-0.39, 0.29) is 5.91 Å². The van der Waals surface area contributed by atoms with Gasteiger partial charge in [-0.25, -0.2) is 4.79 Å². The molecule has 0 fully saturated rings. The van der Waals surface area contributed by atoms with Crippen LogP contribution in [0.5, 0.6) is 11.5 Å². The highest BCUT2D eigenvalue weighted by Crippen LogP contribution is 2.18. The number of amides is 1. The van der Waals surface area contributed by atoms with Gasteiger partial charge in [0.2, 0.25) is 5.91 Å². The molecule has 5 heteroatoms. The van der Waals surface area contributed by atoms with Crippen molar-refractivity contribution in [2.75, 3.05) is 11.9 Å². The van der Waals surface area contributed by atoms with E-state index < -0.39 is 5.97 Å². The minimum atomic E-state index is -0.465. The Morgan fingerprint density at radius 2 is 1.65 bits per heavy atom. The van der Waals surface area contributed by atoms with Gasteiger partial charge in [0.15, 0.2) is 0 Å². The molecule has 0 saturated carbocycles. The van der Waals surface area contributed by atoms with Crippen molar-refractivity contribution >= 4 is 17.6 Å². The van der Waals surface area contributed by atoms with Gasteiger partial charge in [-0.1, -0.05) is 12.7 Å². The molecule has 0 aliphatic carbocycles. The lowest BCUT2D eigenvalue weighted by Gasteiger charge is -2.07. The van der Waals surface area contributed by atoms with Crippen LogP contribution in [0.2, 0.25) is 0 Å². The van der Waals surface area contributed by atoms with E-state index in [4.69, 9.17) is 9.47 Å². The van der Waals surface area contributed by atoms with E-state index >= 15 is 0 Å². The summed E-state index contributed by atoms with van der Waals surface area (Å²) < 4.78 is 10.6. The standard InChI is InChI=1S/C18H17NO4/c1-3-12-22-16-8-4-14(5-9-16)18(21)23-17-10-6-15(7-11-17)19-13(2)20/h3-11H,1,12H2,2H3,(H,19,20). The average Bonchev–Trinajstić information content (AvgIpc) is 2.54. The van der Waals surface area contributed by atoms with Gasteiger partial charge in [-0.05, 0) is 48.5 Å². The van der Waals surface area contributed by atoms with E-state index in [1.807, 2.05) is 0 Å². The molecule has 5 nitrogen and oxygen atoms in total. The Kier molecular flexibility index (Phi) is 5.52. The monoisotopic (exact) mass is 311 g/mol.